The van der Waals surface area contributed by atoms with Crippen molar-refractivity contribution in [1.82, 2.24) is 10.1 Å². The van der Waals surface area contributed by atoms with Gasteiger partial charge in [0.15, 0.2) is 5.82 Å². The van der Waals surface area contributed by atoms with Crippen molar-refractivity contribution in [2.75, 3.05) is 0 Å². The van der Waals surface area contributed by atoms with Crippen molar-refractivity contribution >= 4 is 5.97 Å². The molecule has 1 N–H and O–H groups in total. The summed E-state index contributed by atoms with van der Waals surface area (Å²) in [6, 6.07) is 0. The number of aliphatic carboxylic acids is 1. The minimum atomic E-state index is -0.768. The maximum absolute atomic E-state index is 10.6. The third-order valence-electron chi connectivity index (χ3n) is 5.76. The zero-order valence-corrected chi connectivity index (χ0v) is 12.3. The first-order valence-corrected chi connectivity index (χ1v) is 8.18. The van der Waals surface area contributed by atoms with Gasteiger partial charge in [-0.25, -0.2) is 0 Å². The highest BCUT2D eigenvalue weighted by Crippen LogP contribution is 2.60. The van der Waals surface area contributed by atoms with Crippen LogP contribution < -0.4 is 0 Å². The number of rotatable bonds is 5. The molecular weight excluding hydrogens is 268 g/mol. The van der Waals surface area contributed by atoms with Crippen molar-refractivity contribution in [3.05, 3.63) is 11.7 Å². The molecule has 0 aliphatic heterocycles. The van der Waals surface area contributed by atoms with Gasteiger partial charge in [0.05, 0.1) is 0 Å². The standard InChI is InChI=1S/C16H22N2O3/c19-14(20)3-1-2-13-17-15(18-21-13)16-7-10-4-11(8-16)6-12(5-10)9-16/h10-12H,1-9H2,(H,19,20). The number of hydrogen-bond donors (Lipinski definition) is 1. The molecule has 0 saturated heterocycles. The highest BCUT2D eigenvalue weighted by atomic mass is 16.5. The summed E-state index contributed by atoms with van der Waals surface area (Å²) in [7, 11) is 0. The monoisotopic (exact) mass is 290 g/mol. The molecule has 0 unspecified atom stereocenters. The number of carboxylic acids is 1. The topological polar surface area (TPSA) is 76.2 Å². The smallest absolute Gasteiger partial charge is 0.303 e. The van der Waals surface area contributed by atoms with E-state index in [0.29, 0.717) is 18.7 Å². The molecule has 5 heteroatoms. The van der Waals surface area contributed by atoms with Crippen LogP contribution in [0.4, 0.5) is 0 Å². The fourth-order valence-corrected chi connectivity index (χ4v) is 5.35. The lowest BCUT2D eigenvalue weighted by atomic mass is 9.49. The molecule has 21 heavy (non-hydrogen) atoms. The Morgan fingerprint density at radius 3 is 2.38 bits per heavy atom. The second-order valence-electron chi connectivity index (χ2n) is 7.46. The van der Waals surface area contributed by atoms with E-state index in [1.54, 1.807) is 0 Å². The number of carboxylic acid groups (broad SMARTS) is 1. The summed E-state index contributed by atoms with van der Waals surface area (Å²) in [6.45, 7) is 0. The van der Waals surface area contributed by atoms with Crippen LogP contribution in [0.3, 0.4) is 0 Å². The number of aromatic nitrogens is 2. The van der Waals surface area contributed by atoms with Gasteiger partial charge in [-0.05, 0) is 62.7 Å². The predicted octanol–water partition coefficient (Wildman–Crippen LogP) is 2.94. The van der Waals surface area contributed by atoms with Gasteiger partial charge in [0.25, 0.3) is 0 Å². The Morgan fingerprint density at radius 2 is 1.81 bits per heavy atom. The first kappa shape index (κ1) is 13.3. The molecule has 0 spiro atoms. The molecule has 114 valence electrons. The zero-order chi connectivity index (χ0) is 14.4. The fraction of sp³-hybridized carbons (Fsp3) is 0.812. The molecule has 5 rings (SSSR count). The average molecular weight is 290 g/mol. The van der Waals surface area contributed by atoms with Crippen LogP contribution in [-0.2, 0) is 16.6 Å². The molecule has 1 aromatic rings. The summed E-state index contributed by atoms with van der Waals surface area (Å²) < 4.78 is 5.38. The molecule has 0 radical (unpaired) electrons. The van der Waals surface area contributed by atoms with Crippen LogP contribution in [0.1, 0.15) is 63.1 Å². The largest absolute Gasteiger partial charge is 0.481 e. The van der Waals surface area contributed by atoms with E-state index in [2.05, 4.69) is 10.1 Å². The van der Waals surface area contributed by atoms with Gasteiger partial charge in [-0.1, -0.05) is 5.16 Å². The van der Waals surface area contributed by atoms with Crippen molar-refractivity contribution in [2.45, 2.75) is 63.2 Å². The van der Waals surface area contributed by atoms with Crippen LogP contribution in [0.5, 0.6) is 0 Å². The first-order chi connectivity index (χ1) is 10.1. The van der Waals surface area contributed by atoms with Gasteiger partial charge in [0.2, 0.25) is 5.89 Å². The Morgan fingerprint density at radius 1 is 1.19 bits per heavy atom. The fourth-order valence-electron chi connectivity index (χ4n) is 5.35. The first-order valence-electron chi connectivity index (χ1n) is 8.18. The summed E-state index contributed by atoms with van der Waals surface area (Å²) in [4.78, 5) is 15.2. The highest BCUT2D eigenvalue weighted by molar-refractivity contribution is 5.66. The van der Waals surface area contributed by atoms with Crippen LogP contribution >= 0.6 is 0 Å². The van der Waals surface area contributed by atoms with Gasteiger partial charge in [-0.2, -0.15) is 4.98 Å². The second kappa shape index (κ2) is 4.82. The predicted molar refractivity (Wildman–Crippen MR) is 74.7 cm³/mol. The molecule has 1 aromatic heterocycles. The van der Waals surface area contributed by atoms with Crippen LogP contribution in [-0.4, -0.2) is 21.2 Å². The van der Waals surface area contributed by atoms with Crippen LogP contribution in [0, 0.1) is 17.8 Å². The van der Waals surface area contributed by atoms with E-state index in [1.807, 2.05) is 0 Å². The van der Waals surface area contributed by atoms with Crippen molar-refractivity contribution in [2.24, 2.45) is 17.8 Å². The minimum absolute atomic E-state index is 0.162. The van der Waals surface area contributed by atoms with E-state index in [-0.39, 0.29) is 11.8 Å². The number of hydrogen-bond acceptors (Lipinski definition) is 4. The van der Waals surface area contributed by atoms with E-state index < -0.39 is 5.97 Å². The molecule has 0 amide bonds. The third-order valence-corrected chi connectivity index (χ3v) is 5.76. The molecule has 4 aliphatic rings. The number of nitrogens with zero attached hydrogens (tertiary/aromatic N) is 2. The van der Waals surface area contributed by atoms with E-state index in [0.717, 1.165) is 23.6 Å². The van der Waals surface area contributed by atoms with Gasteiger partial charge in [-0.15, -0.1) is 0 Å². The average Bonchev–Trinajstić information content (AvgIpc) is 2.86. The Hall–Kier alpha value is -1.39. The van der Waals surface area contributed by atoms with Crippen molar-refractivity contribution in [3.63, 3.8) is 0 Å². The van der Waals surface area contributed by atoms with E-state index >= 15 is 0 Å². The molecule has 5 nitrogen and oxygen atoms in total. The van der Waals surface area contributed by atoms with Gasteiger partial charge >= 0.3 is 5.97 Å². The maximum Gasteiger partial charge on any atom is 0.303 e. The summed E-state index contributed by atoms with van der Waals surface area (Å²) in [6.07, 6.45) is 9.21. The second-order valence-corrected chi connectivity index (χ2v) is 7.46. The summed E-state index contributed by atoms with van der Waals surface area (Å²) in [5.41, 5.74) is 0.170. The summed E-state index contributed by atoms with van der Waals surface area (Å²) >= 11 is 0. The van der Waals surface area contributed by atoms with Crippen molar-refractivity contribution < 1.29 is 14.4 Å². The Kier molecular flexibility index (Phi) is 3.05. The summed E-state index contributed by atoms with van der Waals surface area (Å²) in [5, 5.41) is 13.0. The zero-order valence-electron chi connectivity index (χ0n) is 12.3. The van der Waals surface area contributed by atoms with Crippen LogP contribution in [0.25, 0.3) is 0 Å². The lowest BCUT2D eigenvalue weighted by molar-refractivity contribution is -0.137. The Bertz CT molecular complexity index is 516. The molecule has 1 heterocycles. The van der Waals surface area contributed by atoms with Crippen LogP contribution in [0.2, 0.25) is 0 Å². The molecule has 4 bridgehead atoms. The normalized spacial score (nSPS) is 37.0. The summed E-state index contributed by atoms with van der Waals surface area (Å²) in [5.74, 6) is 3.35. The van der Waals surface area contributed by atoms with Crippen molar-refractivity contribution in [3.8, 4) is 0 Å². The van der Waals surface area contributed by atoms with Gasteiger partial charge < -0.3 is 9.63 Å². The lowest BCUT2D eigenvalue weighted by Gasteiger charge is -2.55. The molecule has 4 saturated carbocycles. The van der Waals surface area contributed by atoms with Gasteiger partial charge in [0, 0.05) is 18.3 Å². The SMILES string of the molecule is O=C(O)CCCc1nc(C23CC4CC(CC(C4)C2)C3)no1. The minimum Gasteiger partial charge on any atom is -0.481 e. The third kappa shape index (κ3) is 2.36. The molecular formula is C16H22N2O3. The van der Waals surface area contributed by atoms with E-state index in [9.17, 15) is 4.79 Å². The quantitative estimate of drug-likeness (QED) is 0.902. The van der Waals surface area contributed by atoms with Crippen LogP contribution in [0.15, 0.2) is 4.52 Å². The maximum atomic E-state index is 10.6. The molecule has 4 aliphatic carbocycles. The Labute approximate surface area is 124 Å². The number of carbonyl (C=O) groups is 1. The highest BCUT2D eigenvalue weighted by Gasteiger charge is 2.53. The van der Waals surface area contributed by atoms with Gasteiger partial charge in [-0.3, -0.25) is 4.79 Å². The van der Waals surface area contributed by atoms with Crippen molar-refractivity contribution in [1.29, 1.82) is 0 Å². The van der Waals surface area contributed by atoms with E-state index in [1.165, 1.54) is 38.5 Å². The molecule has 0 aromatic carbocycles. The molecule has 0 atom stereocenters. The van der Waals surface area contributed by atoms with Gasteiger partial charge in [0.1, 0.15) is 0 Å². The Balaban J connectivity index is 1.49. The number of aryl methyl sites for hydroxylation is 1. The molecule has 4 fully saturated rings. The lowest BCUT2D eigenvalue weighted by Crippen LogP contribution is -2.49. The van der Waals surface area contributed by atoms with E-state index in [4.69, 9.17) is 9.63 Å².